The summed E-state index contributed by atoms with van der Waals surface area (Å²) in [6.45, 7) is 0. The van der Waals surface area contributed by atoms with Crippen molar-refractivity contribution in [2.75, 3.05) is 11.5 Å². The van der Waals surface area contributed by atoms with Crippen molar-refractivity contribution >= 4 is 34.9 Å². The van der Waals surface area contributed by atoms with Gasteiger partial charge in [-0.3, -0.25) is 4.79 Å². The fourth-order valence-electron chi connectivity index (χ4n) is 1.70. The van der Waals surface area contributed by atoms with Gasteiger partial charge >= 0.3 is 0 Å². The van der Waals surface area contributed by atoms with Crippen LogP contribution in [0.5, 0.6) is 0 Å². The highest BCUT2D eigenvalue weighted by Gasteiger charge is 2.18. The number of rotatable bonds is 3. The monoisotopic (exact) mass is 266 g/mol. The summed E-state index contributed by atoms with van der Waals surface area (Å²) in [7, 11) is 0. The molecule has 0 radical (unpaired) electrons. The summed E-state index contributed by atoms with van der Waals surface area (Å²) < 4.78 is 0. The molecule has 3 nitrogen and oxygen atoms in total. The number of hydrogen-bond acceptors (Lipinski definition) is 3. The van der Waals surface area contributed by atoms with Crippen LogP contribution in [0.3, 0.4) is 0 Å². The molecule has 5 heteroatoms. The second-order valence-electron chi connectivity index (χ2n) is 3.98. The zero-order valence-corrected chi connectivity index (χ0v) is 10.9. The molecule has 1 amide bonds. The molecule has 17 heavy (non-hydrogen) atoms. The largest absolute Gasteiger partial charge is 0.389 e. The topological polar surface area (TPSA) is 55.1 Å². The summed E-state index contributed by atoms with van der Waals surface area (Å²) in [6, 6.07) is 7.38. The Kier molecular flexibility index (Phi) is 4.02. The molecular weight excluding hydrogens is 252 g/mol. The van der Waals surface area contributed by atoms with E-state index in [4.69, 9.17) is 18.0 Å². The van der Waals surface area contributed by atoms with E-state index in [1.165, 1.54) is 0 Å². The molecule has 1 saturated heterocycles. The maximum absolute atomic E-state index is 11.9. The zero-order valence-electron chi connectivity index (χ0n) is 9.31. The molecule has 1 aliphatic rings. The average Bonchev–Trinajstić information content (AvgIpc) is 2.82. The lowest BCUT2D eigenvalue weighted by Crippen LogP contribution is -2.34. The second-order valence-corrected chi connectivity index (χ2v) is 5.57. The minimum atomic E-state index is -0.0213. The minimum absolute atomic E-state index is 0.0213. The van der Waals surface area contributed by atoms with Gasteiger partial charge in [-0.2, -0.15) is 11.8 Å². The Bertz CT molecular complexity index is 425. The standard InChI is InChI=1S/C12H14N2OS2/c13-11(16)8-1-3-9(4-2-8)12(15)14-10-5-6-17-7-10/h1-4,10H,5-7H2,(H2,13,16)(H,14,15). The number of carbonyl (C=O) groups excluding carboxylic acids is 1. The highest BCUT2D eigenvalue weighted by Crippen LogP contribution is 2.17. The summed E-state index contributed by atoms with van der Waals surface area (Å²) in [4.78, 5) is 12.2. The van der Waals surface area contributed by atoms with Crippen molar-refractivity contribution in [1.29, 1.82) is 0 Å². The maximum atomic E-state index is 11.9. The van der Waals surface area contributed by atoms with Gasteiger partial charge < -0.3 is 11.1 Å². The van der Waals surface area contributed by atoms with Gasteiger partial charge in [0.25, 0.3) is 5.91 Å². The summed E-state index contributed by atoms with van der Waals surface area (Å²) in [5, 5.41) is 3.02. The van der Waals surface area contributed by atoms with Gasteiger partial charge in [0.15, 0.2) is 0 Å². The summed E-state index contributed by atoms with van der Waals surface area (Å²) in [6.07, 6.45) is 1.06. The quantitative estimate of drug-likeness (QED) is 0.815. The molecule has 1 atom stereocenters. The van der Waals surface area contributed by atoms with Crippen LogP contribution < -0.4 is 11.1 Å². The number of thiocarbonyl (C=S) groups is 1. The third kappa shape index (κ3) is 3.20. The van der Waals surface area contributed by atoms with Crippen molar-refractivity contribution in [3.63, 3.8) is 0 Å². The van der Waals surface area contributed by atoms with E-state index in [-0.39, 0.29) is 5.91 Å². The van der Waals surface area contributed by atoms with Crippen molar-refractivity contribution in [1.82, 2.24) is 5.32 Å². The number of amides is 1. The number of benzene rings is 1. The molecular formula is C12H14N2OS2. The van der Waals surface area contributed by atoms with E-state index in [0.29, 0.717) is 16.6 Å². The van der Waals surface area contributed by atoms with Crippen LogP contribution in [-0.4, -0.2) is 28.4 Å². The summed E-state index contributed by atoms with van der Waals surface area (Å²) in [5.41, 5.74) is 6.94. The van der Waals surface area contributed by atoms with E-state index in [9.17, 15) is 4.79 Å². The van der Waals surface area contributed by atoms with Crippen molar-refractivity contribution in [2.45, 2.75) is 12.5 Å². The molecule has 0 spiro atoms. The van der Waals surface area contributed by atoms with Crippen LogP contribution in [-0.2, 0) is 0 Å². The third-order valence-electron chi connectivity index (χ3n) is 2.70. The second kappa shape index (κ2) is 5.51. The van der Waals surface area contributed by atoms with Gasteiger partial charge in [0.2, 0.25) is 0 Å². The Morgan fingerprint density at radius 2 is 2.00 bits per heavy atom. The third-order valence-corrected chi connectivity index (χ3v) is 4.09. The van der Waals surface area contributed by atoms with Gasteiger partial charge in [0.05, 0.1) is 0 Å². The Morgan fingerprint density at radius 1 is 1.35 bits per heavy atom. The van der Waals surface area contributed by atoms with Gasteiger partial charge in [-0.15, -0.1) is 0 Å². The highest BCUT2D eigenvalue weighted by molar-refractivity contribution is 7.99. The van der Waals surface area contributed by atoms with Crippen LogP contribution in [0.4, 0.5) is 0 Å². The lowest BCUT2D eigenvalue weighted by atomic mass is 10.1. The fraction of sp³-hybridized carbons (Fsp3) is 0.333. The maximum Gasteiger partial charge on any atom is 0.251 e. The van der Waals surface area contributed by atoms with Crippen molar-refractivity contribution in [3.05, 3.63) is 35.4 Å². The van der Waals surface area contributed by atoms with Gasteiger partial charge in [-0.1, -0.05) is 24.4 Å². The molecule has 0 aliphatic carbocycles. The number of hydrogen-bond donors (Lipinski definition) is 2. The van der Waals surface area contributed by atoms with Crippen LogP contribution in [0.1, 0.15) is 22.3 Å². The molecule has 2 rings (SSSR count). The Balaban J connectivity index is 2.01. The molecule has 3 N–H and O–H groups in total. The van der Waals surface area contributed by atoms with Crippen LogP contribution in [0.25, 0.3) is 0 Å². The lowest BCUT2D eigenvalue weighted by molar-refractivity contribution is 0.0941. The molecule has 1 aromatic carbocycles. The van der Waals surface area contributed by atoms with Crippen LogP contribution >= 0.6 is 24.0 Å². The van der Waals surface area contributed by atoms with Crippen LogP contribution in [0, 0.1) is 0 Å². The first-order chi connectivity index (χ1) is 8.16. The normalized spacial score (nSPS) is 18.9. The van der Waals surface area contributed by atoms with E-state index in [2.05, 4.69) is 5.32 Å². The molecule has 1 aromatic rings. The van der Waals surface area contributed by atoms with Crippen molar-refractivity contribution in [2.24, 2.45) is 5.73 Å². The average molecular weight is 266 g/mol. The number of thioether (sulfide) groups is 1. The van der Waals surface area contributed by atoms with Crippen LogP contribution in [0.15, 0.2) is 24.3 Å². The van der Waals surface area contributed by atoms with Crippen molar-refractivity contribution < 1.29 is 4.79 Å². The first-order valence-electron chi connectivity index (χ1n) is 5.45. The molecule has 1 unspecified atom stereocenters. The van der Waals surface area contributed by atoms with Gasteiger partial charge in [0.1, 0.15) is 4.99 Å². The van der Waals surface area contributed by atoms with E-state index in [1.807, 2.05) is 11.8 Å². The smallest absolute Gasteiger partial charge is 0.251 e. The summed E-state index contributed by atoms with van der Waals surface area (Å²) in [5.74, 6) is 2.12. The first-order valence-corrected chi connectivity index (χ1v) is 7.01. The van der Waals surface area contributed by atoms with Gasteiger partial charge in [0, 0.05) is 22.9 Å². The fourth-order valence-corrected chi connectivity index (χ4v) is 2.99. The summed E-state index contributed by atoms with van der Waals surface area (Å²) >= 11 is 6.74. The molecule has 1 heterocycles. The van der Waals surface area contributed by atoms with E-state index >= 15 is 0 Å². The predicted octanol–water partition coefficient (Wildman–Crippen LogP) is 1.56. The first kappa shape index (κ1) is 12.4. The molecule has 0 saturated carbocycles. The highest BCUT2D eigenvalue weighted by atomic mass is 32.2. The number of carbonyl (C=O) groups is 1. The molecule has 1 fully saturated rings. The molecule has 0 bridgehead atoms. The van der Waals surface area contributed by atoms with Gasteiger partial charge in [-0.25, -0.2) is 0 Å². The van der Waals surface area contributed by atoms with Crippen molar-refractivity contribution in [3.8, 4) is 0 Å². The number of nitrogens with one attached hydrogen (secondary N) is 1. The minimum Gasteiger partial charge on any atom is -0.389 e. The Hall–Kier alpha value is -1.07. The van der Waals surface area contributed by atoms with Gasteiger partial charge in [-0.05, 0) is 24.3 Å². The van der Waals surface area contributed by atoms with E-state index in [1.54, 1.807) is 24.3 Å². The SMILES string of the molecule is NC(=S)c1ccc(C(=O)NC2CCSC2)cc1. The lowest BCUT2D eigenvalue weighted by Gasteiger charge is -2.11. The molecule has 0 aromatic heterocycles. The van der Waals surface area contributed by atoms with Crippen LogP contribution in [0.2, 0.25) is 0 Å². The predicted molar refractivity (Wildman–Crippen MR) is 75.5 cm³/mol. The Morgan fingerprint density at radius 3 is 2.53 bits per heavy atom. The Labute approximate surface area is 110 Å². The molecule has 1 aliphatic heterocycles. The van der Waals surface area contributed by atoms with E-state index < -0.39 is 0 Å². The zero-order chi connectivity index (χ0) is 12.3. The molecule has 90 valence electrons. The van der Waals surface area contributed by atoms with E-state index in [0.717, 1.165) is 23.5 Å². The number of nitrogens with two attached hydrogens (primary N) is 1.